The number of aromatic nitrogens is 1. The zero-order valence-corrected chi connectivity index (χ0v) is 18.5. The van der Waals surface area contributed by atoms with Crippen molar-refractivity contribution in [1.29, 1.82) is 0 Å². The molecule has 0 unspecified atom stereocenters. The third-order valence-corrected chi connectivity index (χ3v) is 6.80. The Kier molecular flexibility index (Phi) is 6.60. The van der Waals surface area contributed by atoms with Crippen LogP contribution in [0.4, 0.5) is 0 Å². The van der Waals surface area contributed by atoms with Crippen LogP contribution in [0, 0.1) is 13.8 Å². The lowest BCUT2D eigenvalue weighted by molar-refractivity contribution is 0.0948. The molecule has 1 amide bonds. The standard InChI is InChI=1S/C25H29N3OS/c1-18-6-3-4-7-21(18)16-26-25(29)23-10-9-19(2)27-24(23)20-11-13-28(14-12-20)17-22-8-5-15-30-22/h3-10,15,20H,11-14,16-17H2,1-2H3,(H,26,29). The third-order valence-electron chi connectivity index (χ3n) is 5.94. The molecule has 2 aromatic heterocycles. The second-order valence-electron chi connectivity index (χ2n) is 8.12. The topological polar surface area (TPSA) is 45.2 Å². The number of aryl methyl sites for hydroxylation is 2. The number of nitrogens with one attached hydrogen (secondary N) is 1. The van der Waals surface area contributed by atoms with E-state index in [0.717, 1.165) is 55.0 Å². The van der Waals surface area contributed by atoms with E-state index in [1.54, 1.807) is 0 Å². The van der Waals surface area contributed by atoms with Gasteiger partial charge in [0.2, 0.25) is 0 Å². The van der Waals surface area contributed by atoms with E-state index >= 15 is 0 Å². The summed E-state index contributed by atoms with van der Waals surface area (Å²) in [7, 11) is 0. The predicted molar refractivity (Wildman–Crippen MR) is 123 cm³/mol. The number of carbonyl (C=O) groups is 1. The van der Waals surface area contributed by atoms with Crippen molar-refractivity contribution in [2.75, 3.05) is 13.1 Å². The minimum absolute atomic E-state index is 0.0261. The van der Waals surface area contributed by atoms with Crippen molar-refractivity contribution >= 4 is 17.2 Å². The summed E-state index contributed by atoms with van der Waals surface area (Å²) < 4.78 is 0. The van der Waals surface area contributed by atoms with Gasteiger partial charge in [0.15, 0.2) is 0 Å². The Labute approximate surface area is 183 Å². The van der Waals surface area contributed by atoms with Gasteiger partial charge in [0, 0.05) is 29.6 Å². The maximum Gasteiger partial charge on any atom is 0.253 e. The van der Waals surface area contributed by atoms with Gasteiger partial charge in [-0.2, -0.15) is 0 Å². The molecule has 3 aromatic rings. The molecule has 0 atom stereocenters. The molecule has 4 rings (SSSR count). The van der Waals surface area contributed by atoms with E-state index in [4.69, 9.17) is 4.98 Å². The van der Waals surface area contributed by atoms with Crippen LogP contribution < -0.4 is 5.32 Å². The quantitative estimate of drug-likeness (QED) is 0.607. The fourth-order valence-electron chi connectivity index (χ4n) is 4.15. The second-order valence-corrected chi connectivity index (χ2v) is 9.16. The number of likely N-dealkylation sites (tertiary alicyclic amines) is 1. The van der Waals surface area contributed by atoms with Gasteiger partial charge in [0.1, 0.15) is 0 Å². The van der Waals surface area contributed by atoms with Gasteiger partial charge < -0.3 is 5.32 Å². The smallest absolute Gasteiger partial charge is 0.253 e. The molecule has 0 spiro atoms. The molecule has 156 valence electrons. The number of pyridine rings is 1. The molecular formula is C25H29N3OS. The van der Waals surface area contributed by atoms with Gasteiger partial charge >= 0.3 is 0 Å². The molecule has 4 nitrogen and oxygen atoms in total. The van der Waals surface area contributed by atoms with Crippen LogP contribution in [0.15, 0.2) is 53.9 Å². The van der Waals surface area contributed by atoms with E-state index in [1.807, 2.05) is 42.5 Å². The summed E-state index contributed by atoms with van der Waals surface area (Å²) in [5.74, 6) is 0.311. The Morgan fingerprint density at radius 3 is 2.63 bits per heavy atom. The molecular weight excluding hydrogens is 390 g/mol. The first-order valence-corrected chi connectivity index (χ1v) is 11.5. The Morgan fingerprint density at radius 1 is 1.10 bits per heavy atom. The minimum Gasteiger partial charge on any atom is -0.348 e. The Hall–Kier alpha value is -2.50. The molecule has 5 heteroatoms. The van der Waals surface area contributed by atoms with Gasteiger partial charge in [0.05, 0.1) is 11.3 Å². The summed E-state index contributed by atoms with van der Waals surface area (Å²) >= 11 is 1.82. The third kappa shape index (κ3) is 4.97. The number of amides is 1. The van der Waals surface area contributed by atoms with Crippen LogP contribution in [0.1, 0.15) is 56.5 Å². The largest absolute Gasteiger partial charge is 0.348 e. The van der Waals surface area contributed by atoms with Gasteiger partial charge in [-0.25, -0.2) is 0 Å². The summed E-state index contributed by atoms with van der Waals surface area (Å²) in [4.78, 5) is 21.8. The normalized spacial score (nSPS) is 15.3. The molecule has 1 aliphatic rings. The Balaban J connectivity index is 1.43. The highest BCUT2D eigenvalue weighted by atomic mass is 32.1. The van der Waals surface area contributed by atoms with Crippen LogP contribution in [0.5, 0.6) is 0 Å². The van der Waals surface area contributed by atoms with Crippen molar-refractivity contribution in [2.45, 2.75) is 45.7 Å². The molecule has 1 aromatic carbocycles. The van der Waals surface area contributed by atoms with E-state index < -0.39 is 0 Å². The molecule has 1 N–H and O–H groups in total. The van der Waals surface area contributed by atoms with Crippen LogP contribution in [0.25, 0.3) is 0 Å². The van der Waals surface area contributed by atoms with Crippen LogP contribution >= 0.6 is 11.3 Å². The van der Waals surface area contributed by atoms with Gasteiger partial charge in [-0.3, -0.25) is 14.7 Å². The lowest BCUT2D eigenvalue weighted by atomic mass is 9.89. The van der Waals surface area contributed by atoms with Crippen molar-refractivity contribution < 1.29 is 4.79 Å². The number of benzene rings is 1. The Morgan fingerprint density at radius 2 is 1.90 bits per heavy atom. The van der Waals surface area contributed by atoms with Crippen molar-refractivity contribution in [1.82, 2.24) is 15.2 Å². The van der Waals surface area contributed by atoms with E-state index in [1.165, 1.54) is 10.4 Å². The molecule has 0 saturated carbocycles. The van der Waals surface area contributed by atoms with Crippen molar-refractivity contribution in [3.05, 3.63) is 86.9 Å². The maximum atomic E-state index is 13.0. The lowest BCUT2D eigenvalue weighted by Crippen LogP contribution is -2.33. The number of rotatable bonds is 6. The fraction of sp³-hybridized carbons (Fsp3) is 0.360. The summed E-state index contributed by atoms with van der Waals surface area (Å²) in [5, 5.41) is 5.25. The highest BCUT2D eigenvalue weighted by molar-refractivity contribution is 7.09. The zero-order valence-electron chi connectivity index (χ0n) is 17.7. The van der Waals surface area contributed by atoms with E-state index in [0.29, 0.717) is 12.5 Å². The van der Waals surface area contributed by atoms with Crippen LogP contribution in [-0.4, -0.2) is 28.9 Å². The number of piperidine rings is 1. The fourth-order valence-corrected chi connectivity index (χ4v) is 4.89. The summed E-state index contributed by atoms with van der Waals surface area (Å²) in [6, 6.07) is 16.4. The summed E-state index contributed by atoms with van der Waals surface area (Å²) in [5.41, 5.74) is 5.01. The predicted octanol–water partition coefficient (Wildman–Crippen LogP) is 5.07. The number of hydrogen-bond acceptors (Lipinski definition) is 4. The van der Waals surface area contributed by atoms with Gasteiger partial charge in [-0.1, -0.05) is 30.3 Å². The van der Waals surface area contributed by atoms with Crippen LogP contribution in [-0.2, 0) is 13.1 Å². The first kappa shape index (κ1) is 20.8. The first-order valence-electron chi connectivity index (χ1n) is 10.6. The van der Waals surface area contributed by atoms with Gasteiger partial charge in [-0.05, 0) is 74.5 Å². The number of nitrogens with zero attached hydrogens (tertiary/aromatic N) is 2. The Bertz CT molecular complexity index is 991. The highest BCUT2D eigenvalue weighted by Crippen LogP contribution is 2.30. The molecule has 3 heterocycles. The first-order chi connectivity index (χ1) is 14.6. The number of hydrogen-bond donors (Lipinski definition) is 1. The average Bonchev–Trinajstić information content (AvgIpc) is 3.26. The lowest BCUT2D eigenvalue weighted by Gasteiger charge is -2.32. The summed E-state index contributed by atoms with van der Waals surface area (Å²) in [6.07, 6.45) is 2.08. The second kappa shape index (κ2) is 9.54. The number of carbonyl (C=O) groups excluding carboxylic acids is 1. The van der Waals surface area contributed by atoms with Gasteiger partial charge in [0.25, 0.3) is 5.91 Å². The van der Waals surface area contributed by atoms with Gasteiger partial charge in [-0.15, -0.1) is 11.3 Å². The monoisotopic (exact) mass is 419 g/mol. The van der Waals surface area contributed by atoms with E-state index in [9.17, 15) is 4.79 Å². The van der Waals surface area contributed by atoms with E-state index in [-0.39, 0.29) is 5.91 Å². The molecule has 30 heavy (non-hydrogen) atoms. The molecule has 0 radical (unpaired) electrons. The van der Waals surface area contributed by atoms with Crippen molar-refractivity contribution in [2.24, 2.45) is 0 Å². The van der Waals surface area contributed by atoms with Crippen LogP contribution in [0.2, 0.25) is 0 Å². The highest BCUT2D eigenvalue weighted by Gasteiger charge is 2.26. The van der Waals surface area contributed by atoms with E-state index in [2.05, 4.69) is 46.8 Å². The maximum absolute atomic E-state index is 13.0. The summed E-state index contributed by atoms with van der Waals surface area (Å²) in [6.45, 7) is 7.73. The number of thiophene rings is 1. The molecule has 0 bridgehead atoms. The van der Waals surface area contributed by atoms with Crippen LogP contribution in [0.3, 0.4) is 0 Å². The molecule has 1 saturated heterocycles. The van der Waals surface area contributed by atoms with Crippen molar-refractivity contribution in [3.63, 3.8) is 0 Å². The minimum atomic E-state index is -0.0261. The molecule has 1 fully saturated rings. The zero-order chi connectivity index (χ0) is 20.9. The SMILES string of the molecule is Cc1ccc(C(=O)NCc2ccccc2C)c(C2CCN(Cc3cccs3)CC2)n1. The van der Waals surface area contributed by atoms with Crippen molar-refractivity contribution in [3.8, 4) is 0 Å². The molecule has 0 aliphatic carbocycles. The average molecular weight is 420 g/mol. The molecule has 1 aliphatic heterocycles.